The van der Waals surface area contributed by atoms with Crippen LogP contribution in [0.2, 0.25) is 10.0 Å². The van der Waals surface area contributed by atoms with Crippen LogP contribution in [0.15, 0.2) is 23.4 Å². The summed E-state index contributed by atoms with van der Waals surface area (Å²) in [4.78, 5) is 13.8. The molecule has 0 saturated carbocycles. The van der Waals surface area contributed by atoms with Crippen molar-refractivity contribution in [1.29, 1.82) is 5.26 Å². The topological polar surface area (TPSA) is 110 Å². The van der Waals surface area contributed by atoms with Crippen LogP contribution in [0.3, 0.4) is 0 Å². The van der Waals surface area contributed by atoms with Crippen LogP contribution >= 0.6 is 46.3 Å². The molecule has 2 heterocycles. The molecule has 1 amide bonds. The van der Waals surface area contributed by atoms with Crippen LogP contribution in [0, 0.1) is 11.3 Å². The van der Waals surface area contributed by atoms with Crippen molar-refractivity contribution in [2.75, 3.05) is 16.9 Å². The normalized spacial score (nSPS) is 13.3. The van der Waals surface area contributed by atoms with Gasteiger partial charge in [-0.15, -0.1) is 21.5 Å². The Labute approximate surface area is 197 Å². The Morgan fingerprint density at radius 1 is 1.29 bits per heavy atom. The number of halogens is 2. The van der Waals surface area contributed by atoms with Gasteiger partial charge in [-0.25, -0.2) is 4.68 Å². The SMILES string of the molecule is N#Cc1c(NC(=O)CSc2nnc(-c3ccc(Cl)cc3Cl)n2N)sc2c1CCCCC2. The average Bonchev–Trinajstić information content (AvgIpc) is 3.16. The first kappa shape index (κ1) is 22.0. The van der Waals surface area contributed by atoms with E-state index < -0.39 is 0 Å². The van der Waals surface area contributed by atoms with Crippen LogP contribution in [0.25, 0.3) is 11.4 Å². The molecule has 1 aromatic carbocycles. The number of aromatic nitrogens is 3. The number of hydrogen-bond acceptors (Lipinski definition) is 7. The molecule has 4 rings (SSSR count). The molecule has 0 bridgehead atoms. The first-order chi connectivity index (χ1) is 15.0. The third kappa shape index (κ3) is 4.67. The fourth-order valence-corrected chi connectivity index (χ4v) is 5.88. The Kier molecular flexibility index (Phi) is 6.72. The Hall–Kier alpha value is -2.25. The fourth-order valence-electron chi connectivity index (χ4n) is 3.47. The predicted octanol–water partition coefficient (Wildman–Crippen LogP) is 4.90. The molecule has 7 nitrogen and oxygen atoms in total. The number of carbonyl (C=O) groups excluding carboxylic acids is 1. The number of nitriles is 1. The van der Waals surface area contributed by atoms with Crippen LogP contribution < -0.4 is 11.2 Å². The molecule has 0 spiro atoms. The molecule has 0 radical (unpaired) electrons. The molecule has 1 aliphatic rings. The molecular formula is C20H18Cl2N6OS2. The molecule has 0 atom stereocenters. The van der Waals surface area contributed by atoms with Crippen LogP contribution in [0.1, 0.15) is 35.3 Å². The summed E-state index contributed by atoms with van der Waals surface area (Å²) in [5.41, 5.74) is 2.29. The van der Waals surface area contributed by atoms with Gasteiger partial charge in [0.1, 0.15) is 11.1 Å². The van der Waals surface area contributed by atoms with E-state index in [-0.39, 0.29) is 11.7 Å². The number of hydrogen-bond donors (Lipinski definition) is 2. The van der Waals surface area contributed by atoms with E-state index in [0.29, 0.717) is 37.2 Å². The smallest absolute Gasteiger partial charge is 0.235 e. The number of nitrogens with one attached hydrogen (secondary N) is 1. The molecule has 0 saturated heterocycles. The van der Waals surface area contributed by atoms with E-state index in [2.05, 4.69) is 21.6 Å². The molecule has 11 heteroatoms. The van der Waals surface area contributed by atoms with E-state index in [1.54, 1.807) is 18.2 Å². The first-order valence-electron chi connectivity index (χ1n) is 9.61. The number of rotatable bonds is 5. The number of thiophene rings is 1. The highest BCUT2D eigenvalue weighted by molar-refractivity contribution is 7.99. The van der Waals surface area contributed by atoms with Crippen molar-refractivity contribution in [1.82, 2.24) is 14.9 Å². The standard InChI is InChI=1S/C20H18Cl2N6OS2/c21-11-6-7-13(15(22)8-11)18-26-27-20(28(18)24)30-10-17(29)25-19-14(9-23)12-4-2-1-3-5-16(12)31-19/h6-8H,1-5,10,24H2,(H,25,29). The highest BCUT2D eigenvalue weighted by Gasteiger charge is 2.22. The second-order valence-electron chi connectivity index (χ2n) is 7.02. The van der Waals surface area contributed by atoms with Crippen molar-refractivity contribution in [3.8, 4) is 17.5 Å². The highest BCUT2D eigenvalue weighted by Crippen LogP contribution is 2.37. The summed E-state index contributed by atoms with van der Waals surface area (Å²) in [5.74, 6) is 6.34. The number of carbonyl (C=O) groups is 1. The van der Waals surface area contributed by atoms with Gasteiger partial charge in [0.25, 0.3) is 0 Å². The van der Waals surface area contributed by atoms with Gasteiger partial charge in [0.15, 0.2) is 5.82 Å². The fraction of sp³-hybridized carbons (Fsp3) is 0.300. The zero-order valence-electron chi connectivity index (χ0n) is 16.3. The molecule has 1 aliphatic carbocycles. The molecule has 160 valence electrons. The summed E-state index contributed by atoms with van der Waals surface area (Å²) >= 11 is 14.8. The summed E-state index contributed by atoms with van der Waals surface area (Å²) < 4.78 is 1.29. The molecule has 2 aromatic heterocycles. The van der Waals surface area contributed by atoms with Gasteiger partial charge in [0.05, 0.1) is 16.3 Å². The van der Waals surface area contributed by atoms with Gasteiger partial charge < -0.3 is 11.2 Å². The number of benzene rings is 1. The number of fused-ring (bicyclic) bond motifs is 1. The third-order valence-corrected chi connectivity index (χ3v) is 7.65. The van der Waals surface area contributed by atoms with E-state index in [9.17, 15) is 10.1 Å². The Morgan fingerprint density at radius 2 is 2.10 bits per heavy atom. The summed E-state index contributed by atoms with van der Waals surface area (Å²) in [6.45, 7) is 0. The molecule has 3 aromatic rings. The molecular weight excluding hydrogens is 475 g/mol. The van der Waals surface area contributed by atoms with E-state index >= 15 is 0 Å². The summed E-state index contributed by atoms with van der Waals surface area (Å²) in [6.07, 6.45) is 5.23. The Morgan fingerprint density at radius 3 is 2.87 bits per heavy atom. The number of nitrogens with zero attached hydrogens (tertiary/aromatic N) is 4. The lowest BCUT2D eigenvalue weighted by Crippen LogP contribution is -2.16. The lowest BCUT2D eigenvalue weighted by atomic mass is 10.1. The molecule has 31 heavy (non-hydrogen) atoms. The number of nitrogen functional groups attached to an aromatic ring is 1. The maximum atomic E-state index is 12.5. The van der Waals surface area contributed by atoms with Crippen molar-refractivity contribution in [2.24, 2.45) is 0 Å². The minimum Gasteiger partial charge on any atom is -0.335 e. The average molecular weight is 493 g/mol. The lowest BCUT2D eigenvalue weighted by molar-refractivity contribution is -0.113. The molecule has 3 N–H and O–H groups in total. The van der Waals surface area contributed by atoms with Gasteiger partial charge in [-0.1, -0.05) is 41.4 Å². The monoisotopic (exact) mass is 492 g/mol. The van der Waals surface area contributed by atoms with Crippen molar-refractivity contribution in [3.05, 3.63) is 44.2 Å². The molecule has 0 unspecified atom stereocenters. The maximum Gasteiger partial charge on any atom is 0.235 e. The Balaban J connectivity index is 1.44. The highest BCUT2D eigenvalue weighted by atomic mass is 35.5. The van der Waals surface area contributed by atoms with Crippen LogP contribution in [-0.2, 0) is 17.6 Å². The minimum absolute atomic E-state index is 0.0805. The number of anilines is 1. The largest absolute Gasteiger partial charge is 0.335 e. The van der Waals surface area contributed by atoms with E-state index in [0.717, 1.165) is 43.0 Å². The maximum absolute atomic E-state index is 12.5. The lowest BCUT2D eigenvalue weighted by Gasteiger charge is -2.06. The summed E-state index contributed by atoms with van der Waals surface area (Å²) in [7, 11) is 0. The van der Waals surface area contributed by atoms with Crippen LogP contribution in [0.4, 0.5) is 5.00 Å². The summed E-state index contributed by atoms with van der Waals surface area (Å²) in [5, 5.41) is 22.5. The number of nitrogens with two attached hydrogens (primary N) is 1. The van der Waals surface area contributed by atoms with Gasteiger partial charge in [0, 0.05) is 15.5 Å². The van der Waals surface area contributed by atoms with E-state index in [4.69, 9.17) is 29.0 Å². The zero-order chi connectivity index (χ0) is 22.0. The minimum atomic E-state index is -0.230. The molecule has 0 fully saturated rings. The second kappa shape index (κ2) is 9.49. The van der Waals surface area contributed by atoms with Gasteiger partial charge in [-0.3, -0.25) is 4.79 Å². The van der Waals surface area contributed by atoms with Gasteiger partial charge in [0.2, 0.25) is 11.1 Å². The van der Waals surface area contributed by atoms with E-state index in [1.165, 1.54) is 27.3 Å². The number of amides is 1. The third-order valence-electron chi connectivity index (χ3n) is 4.95. The van der Waals surface area contributed by atoms with Gasteiger partial charge in [-0.2, -0.15) is 5.26 Å². The van der Waals surface area contributed by atoms with Gasteiger partial charge >= 0.3 is 0 Å². The quantitative estimate of drug-likeness (QED) is 0.297. The first-order valence-corrected chi connectivity index (χ1v) is 12.2. The number of thioether (sulfide) groups is 1. The zero-order valence-corrected chi connectivity index (χ0v) is 19.5. The summed E-state index contributed by atoms with van der Waals surface area (Å²) in [6, 6.07) is 7.27. The van der Waals surface area contributed by atoms with Crippen molar-refractivity contribution in [2.45, 2.75) is 37.3 Å². The van der Waals surface area contributed by atoms with Crippen LogP contribution in [0.5, 0.6) is 0 Å². The van der Waals surface area contributed by atoms with Gasteiger partial charge in [-0.05, 0) is 49.4 Å². The van der Waals surface area contributed by atoms with Crippen molar-refractivity contribution >= 4 is 57.2 Å². The second-order valence-corrected chi connectivity index (χ2v) is 9.91. The number of aryl methyl sites for hydroxylation is 1. The molecule has 0 aliphatic heterocycles. The van der Waals surface area contributed by atoms with E-state index in [1.807, 2.05) is 0 Å². The van der Waals surface area contributed by atoms with Crippen LogP contribution in [-0.4, -0.2) is 26.5 Å². The van der Waals surface area contributed by atoms with Crippen molar-refractivity contribution < 1.29 is 4.79 Å². The predicted molar refractivity (Wildman–Crippen MR) is 125 cm³/mol. The van der Waals surface area contributed by atoms with Crippen molar-refractivity contribution in [3.63, 3.8) is 0 Å². The Bertz CT molecular complexity index is 1180.